The minimum atomic E-state index is -3.43. The second kappa shape index (κ2) is 13.0. The first kappa shape index (κ1) is 31.0. The fourth-order valence-corrected chi connectivity index (χ4v) is 4.61. The van der Waals surface area contributed by atoms with Crippen molar-refractivity contribution < 1.29 is 26.7 Å². The molecule has 1 unspecified atom stereocenters. The van der Waals surface area contributed by atoms with Gasteiger partial charge in [-0.3, -0.25) is 4.79 Å². The van der Waals surface area contributed by atoms with E-state index in [1.807, 2.05) is 4.90 Å². The van der Waals surface area contributed by atoms with E-state index in [9.17, 15) is 21.6 Å². The molecule has 0 aliphatic carbocycles. The first-order valence-corrected chi connectivity index (χ1v) is 13.0. The molecular weight excluding hydrogens is 534 g/mol. The van der Waals surface area contributed by atoms with Crippen LogP contribution in [-0.4, -0.2) is 55.1 Å². The van der Waals surface area contributed by atoms with Gasteiger partial charge in [0, 0.05) is 23.2 Å². The zero-order chi connectivity index (χ0) is 23.2. The summed E-state index contributed by atoms with van der Waals surface area (Å²) in [5.41, 5.74) is 0.846. The topological polar surface area (TPSA) is 133 Å². The van der Waals surface area contributed by atoms with E-state index in [-0.39, 0.29) is 30.6 Å². The molecule has 1 aliphatic rings. The Morgan fingerprint density at radius 3 is 1.70 bits per heavy atom. The second-order valence-corrected chi connectivity index (χ2v) is 11.3. The molecule has 1 saturated heterocycles. The molecule has 186 valence electrons. The number of carbonyl (C=O) groups is 1. The van der Waals surface area contributed by atoms with Crippen LogP contribution in [0.3, 0.4) is 0 Å². The number of sulfonamides is 2. The van der Waals surface area contributed by atoms with Crippen molar-refractivity contribution >= 4 is 47.6 Å². The molecule has 3 rings (SSSR count). The maximum Gasteiger partial charge on any atom is 0.308 e. The van der Waals surface area contributed by atoms with Crippen LogP contribution in [0.25, 0.3) is 0 Å². The van der Waals surface area contributed by atoms with Crippen LogP contribution in [0.5, 0.6) is 0 Å². The molecule has 0 amide bonds. The molecule has 2 aromatic carbocycles. The third kappa shape index (κ3) is 8.38. The molecule has 0 radical (unpaired) electrons. The van der Waals surface area contributed by atoms with Crippen LogP contribution >= 0.6 is 15.9 Å². The van der Waals surface area contributed by atoms with Crippen molar-refractivity contribution in [2.45, 2.75) is 31.1 Å². The standard InChI is InChI=1S/C12H16N2O4S.C7H8BrNO2S.2CH4/c1-13-19(17,18)11-4-2-10(3-5-11)14-7-6-9(8-14)12(15)16;1-9-12(10,11)7-4-2-6(8)3-5-7;;/h2-5,9,13H,6-8H2,1H3,(H,15,16);2-5,9H,1H3;2*1H4. The smallest absolute Gasteiger partial charge is 0.308 e. The Kier molecular flexibility index (Phi) is 12.3. The van der Waals surface area contributed by atoms with Crippen LogP contribution in [0.4, 0.5) is 5.69 Å². The predicted octanol–water partition coefficient (Wildman–Crippen LogP) is 3.14. The lowest BCUT2D eigenvalue weighted by molar-refractivity contribution is -0.140. The van der Waals surface area contributed by atoms with Gasteiger partial charge in [0.15, 0.2) is 0 Å². The van der Waals surface area contributed by atoms with Crippen molar-refractivity contribution in [2.24, 2.45) is 5.92 Å². The van der Waals surface area contributed by atoms with Crippen LogP contribution < -0.4 is 14.3 Å². The fraction of sp³-hybridized carbons (Fsp3) is 0.381. The van der Waals surface area contributed by atoms with Gasteiger partial charge in [-0.1, -0.05) is 30.8 Å². The van der Waals surface area contributed by atoms with Gasteiger partial charge in [-0.05, 0) is 69.0 Å². The Balaban J connectivity index is 0.000000640. The number of carboxylic acid groups (broad SMARTS) is 1. The summed E-state index contributed by atoms with van der Waals surface area (Å²) in [5, 5.41) is 8.95. The summed E-state index contributed by atoms with van der Waals surface area (Å²) in [5.74, 6) is -1.13. The zero-order valence-corrected chi connectivity index (χ0v) is 20.2. The Bertz CT molecular complexity index is 1110. The summed E-state index contributed by atoms with van der Waals surface area (Å²) >= 11 is 3.22. The van der Waals surface area contributed by atoms with Gasteiger partial charge in [0.1, 0.15) is 0 Å². The molecule has 2 aromatic rings. The monoisotopic (exact) mass is 565 g/mol. The van der Waals surface area contributed by atoms with Gasteiger partial charge in [0.25, 0.3) is 0 Å². The number of nitrogens with zero attached hydrogens (tertiary/aromatic N) is 1. The van der Waals surface area contributed by atoms with E-state index in [0.717, 1.165) is 10.2 Å². The Morgan fingerprint density at radius 1 is 0.909 bits per heavy atom. The normalized spacial score (nSPS) is 15.5. The molecule has 33 heavy (non-hydrogen) atoms. The van der Waals surface area contributed by atoms with Crippen molar-refractivity contribution in [3.63, 3.8) is 0 Å². The van der Waals surface area contributed by atoms with E-state index in [2.05, 4.69) is 25.4 Å². The number of hydrogen-bond acceptors (Lipinski definition) is 6. The number of hydrogen-bond donors (Lipinski definition) is 3. The third-order valence-corrected chi connectivity index (χ3v) is 8.10. The van der Waals surface area contributed by atoms with E-state index in [4.69, 9.17) is 5.11 Å². The lowest BCUT2D eigenvalue weighted by atomic mass is 10.1. The van der Waals surface area contributed by atoms with Crippen molar-refractivity contribution in [3.8, 4) is 0 Å². The Morgan fingerprint density at radius 2 is 1.33 bits per heavy atom. The van der Waals surface area contributed by atoms with Crippen LogP contribution in [-0.2, 0) is 24.8 Å². The van der Waals surface area contributed by atoms with Gasteiger partial charge in [0.05, 0.1) is 15.7 Å². The summed E-state index contributed by atoms with van der Waals surface area (Å²) in [4.78, 5) is 13.3. The third-order valence-electron chi connectivity index (χ3n) is 4.71. The van der Waals surface area contributed by atoms with Crippen molar-refractivity contribution in [1.29, 1.82) is 0 Å². The molecular formula is C21H32BrN3O6S2. The molecule has 1 heterocycles. The highest BCUT2D eigenvalue weighted by molar-refractivity contribution is 9.10. The molecule has 12 heteroatoms. The predicted molar refractivity (Wildman–Crippen MR) is 134 cm³/mol. The van der Waals surface area contributed by atoms with Gasteiger partial charge in [-0.25, -0.2) is 26.3 Å². The van der Waals surface area contributed by atoms with E-state index < -0.39 is 26.0 Å². The Labute approximate surface area is 205 Å². The van der Waals surface area contributed by atoms with Crippen LogP contribution in [0.1, 0.15) is 21.3 Å². The molecule has 0 aromatic heterocycles. The summed E-state index contributed by atoms with van der Waals surface area (Å²) in [6.45, 7) is 1.14. The van der Waals surface area contributed by atoms with Crippen molar-refractivity contribution in [2.75, 3.05) is 32.1 Å². The number of carboxylic acids is 1. The molecule has 0 bridgehead atoms. The van der Waals surface area contributed by atoms with Gasteiger partial charge in [0.2, 0.25) is 20.0 Å². The summed E-state index contributed by atoms with van der Waals surface area (Å²) < 4.78 is 50.9. The molecule has 3 N–H and O–H groups in total. The molecule has 0 saturated carbocycles. The number of nitrogens with one attached hydrogen (secondary N) is 2. The minimum absolute atomic E-state index is 0. The van der Waals surface area contributed by atoms with Gasteiger partial charge in [-0.2, -0.15) is 0 Å². The lowest BCUT2D eigenvalue weighted by Gasteiger charge is -2.18. The molecule has 9 nitrogen and oxygen atoms in total. The quantitative estimate of drug-likeness (QED) is 0.489. The molecule has 1 aliphatic heterocycles. The summed E-state index contributed by atoms with van der Waals surface area (Å²) in [6, 6.07) is 12.9. The highest BCUT2D eigenvalue weighted by atomic mass is 79.9. The number of halogens is 1. The first-order valence-electron chi connectivity index (χ1n) is 9.20. The van der Waals surface area contributed by atoms with Crippen LogP contribution in [0, 0.1) is 5.92 Å². The maximum absolute atomic E-state index is 11.6. The van der Waals surface area contributed by atoms with Crippen LogP contribution in [0.2, 0.25) is 0 Å². The van der Waals surface area contributed by atoms with E-state index in [1.165, 1.54) is 38.4 Å². The van der Waals surface area contributed by atoms with Crippen LogP contribution in [0.15, 0.2) is 62.8 Å². The number of aliphatic carboxylic acids is 1. The largest absolute Gasteiger partial charge is 0.481 e. The van der Waals surface area contributed by atoms with Gasteiger partial charge in [-0.15, -0.1) is 0 Å². The Hall–Kier alpha value is -1.99. The fourth-order valence-electron chi connectivity index (χ4n) is 2.88. The number of benzene rings is 2. The highest BCUT2D eigenvalue weighted by Crippen LogP contribution is 2.25. The van der Waals surface area contributed by atoms with Gasteiger partial charge >= 0.3 is 5.97 Å². The number of rotatable bonds is 6. The average molecular weight is 567 g/mol. The maximum atomic E-state index is 11.6. The van der Waals surface area contributed by atoms with E-state index >= 15 is 0 Å². The van der Waals surface area contributed by atoms with Crippen molar-refractivity contribution in [3.05, 3.63) is 53.0 Å². The SMILES string of the molecule is C.C.CNS(=O)(=O)c1ccc(Br)cc1.CNS(=O)(=O)c1ccc(N2CCC(C(=O)O)C2)cc1. The molecule has 1 atom stereocenters. The number of anilines is 1. The zero-order valence-electron chi connectivity index (χ0n) is 16.9. The average Bonchev–Trinajstić information content (AvgIpc) is 3.25. The van der Waals surface area contributed by atoms with E-state index in [0.29, 0.717) is 19.5 Å². The lowest BCUT2D eigenvalue weighted by Crippen LogP contribution is -2.23. The van der Waals surface area contributed by atoms with Gasteiger partial charge < -0.3 is 10.0 Å². The molecule has 0 spiro atoms. The molecule has 1 fully saturated rings. The minimum Gasteiger partial charge on any atom is -0.481 e. The highest BCUT2D eigenvalue weighted by Gasteiger charge is 2.28. The first-order chi connectivity index (χ1) is 14.5. The van der Waals surface area contributed by atoms with Crippen molar-refractivity contribution in [1.82, 2.24) is 9.44 Å². The summed E-state index contributed by atoms with van der Waals surface area (Å²) in [6.07, 6.45) is 0.617. The summed E-state index contributed by atoms with van der Waals surface area (Å²) in [7, 11) is -3.96. The van der Waals surface area contributed by atoms with E-state index in [1.54, 1.807) is 24.3 Å². The second-order valence-electron chi connectivity index (χ2n) is 6.63.